The molecule has 1 rings (SSSR count). The van der Waals surface area contributed by atoms with Gasteiger partial charge in [0.1, 0.15) is 6.10 Å². The Hall–Kier alpha value is -0.650. The number of nitrogens with two attached hydrogens (primary N) is 1. The maximum atomic E-state index is 12.1. The van der Waals surface area contributed by atoms with Gasteiger partial charge in [0.15, 0.2) is 0 Å². The van der Waals surface area contributed by atoms with Crippen molar-refractivity contribution in [3.8, 4) is 0 Å². The summed E-state index contributed by atoms with van der Waals surface area (Å²) in [5.74, 6) is 0.0909. The Morgan fingerprint density at radius 3 is 2.76 bits per heavy atom. The van der Waals surface area contributed by atoms with E-state index >= 15 is 0 Å². The summed E-state index contributed by atoms with van der Waals surface area (Å²) in [6.45, 7) is 6.89. The molecule has 1 saturated heterocycles. The molecule has 2 atom stereocenters. The van der Waals surface area contributed by atoms with Crippen LogP contribution in [0.2, 0.25) is 0 Å². The van der Waals surface area contributed by atoms with E-state index in [0.717, 1.165) is 12.8 Å². The van der Waals surface area contributed by atoms with E-state index < -0.39 is 0 Å². The maximum Gasteiger partial charge on any atom is 0.251 e. The zero-order chi connectivity index (χ0) is 12.7. The van der Waals surface area contributed by atoms with Crippen molar-refractivity contribution >= 4 is 5.91 Å². The van der Waals surface area contributed by atoms with Crippen LogP contribution in [0.3, 0.4) is 0 Å². The minimum atomic E-state index is -0.251. The number of amides is 1. The molecule has 17 heavy (non-hydrogen) atoms. The van der Waals surface area contributed by atoms with E-state index in [1.54, 1.807) is 4.90 Å². The van der Waals surface area contributed by atoms with Gasteiger partial charge in [-0.05, 0) is 26.7 Å². The highest BCUT2D eigenvalue weighted by atomic mass is 16.5. The number of carbonyl (C=O) groups is 1. The van der Waals surface area contributed by atoms with E-state index in [4.69, 9.17) is 15.2 Å². The topological polar surface area (TPSA) is 64.8 Å². The Kier molecular flexibility index (Phi) is 6.47. The third-order valence-electron chi connectivity index (χ3n) is 2.97. The average molecular weight is 244 g/mol. The molecule has 5 heteroatoms. The number of hydrogen-bond acceptors (Lipinski definition) is 4. The first-order chi connectivity index (χ1) is 8.19. The van der Waals surface area contributed by atoms with Gasteiger partial charge >= 0.3 is 0 Å². The summed E-state index contributed by atoms with van der Waals surface area (Å²) in [4.78, 5) is 13.9. The maximum absolute atomic E-state index is 12.1. The molecule has 0 bridgehead atoms. The number of nitrogens with zero attached hydrogens (tertiary/aromatic N) is 1. The Morgan fingerprint density at radius 1 is 1.47 bits per heavy atom. The summed E-state index contributed by atoms with van der Waals surface area (Å²) >= 11 is 0. The highest BCUT2D eigenvalue weighted by molar-refractivity contribution is 5.81. The number of likely N-dealkylation sites (N-methyl/N-ethyl adjacent to an activating group) is 1. The third kappa shape index (κ3) is 4.61. The minimum absolute atomic E-state index is 0.0909. The predicted molar refractivity (Wildman–Crippen MR) is 65.7 cm³/mol. The fraction of sp³-hybridized carbons (Fsp3) is 0.917. The molecule has 0 aromatic rings. The lowest BCUT2D eigenvalue weighted by molar-refractivity contribution is -0.143. The second-order valence-electron chi connectivity index (χ2n) is 4.33. The van der Waals surface area contributed by atoms with Crippen molar-refractivity contribution < 1.29 is 14.3 Å². The van der Waals surface area contributed by atoms with Crippen LogP contribution in [0.25, 0.3) is 0 Å². The third-order valence-corrected chi connectivity index (χ3v) is 2.97. The molecule has 2 unspecified atom stereocenters. The second-order valence-corrected chi connectivity index (χ2v) is 4.33. The normalized spacial score (nSPS) is 23.9. The van der Waals surface area contributed by atoms with E-state index in [0.29, 0.717) is 32.8 Å². The van der Waals surface area contributed by atoms with Crippen LogP contribution >= 0.6 is 0 Å². The van der Waals surface area contributed by atoms with Crippen molar-refractivity contribution in [1.29, 1.82) is 0 Å². The molecule has 1 amide bonds. The van der Waals surface area contributed by atoms with E-state index in [1.165, 1.54) is 0 Å². The van der Waals surface area contributed by atoms with Gasteiger partial charge in [0.05, 0.1) is 19.3 Å². The fourth-order valence-electron chi connectivity index (χ4n) is 1.97. The Labute approximate surface area is 103 Å². The molecule has 5 nitrogen and oxygen atoms in total. The molecule has 0 aromatic carbocycles. The van der Waals surface area contributed by atoms with E-state index in [2.05, 4.69) is 0 Å². The van der Waals surface area contributed by atoms with E-state index in [-0.39, 0.29) is 18.1 Å². The number of ether oxygens (including phenoxy) is 2. The Morgan fingerprint density at radius 2 is 2.24 bits per heavy atom. The van der Waals surface area contributed by atoms with Gasteiger partial charge in [-0.15, -0.1) is 0 Å². The lowest BCUT2D eigenvalue weighted by Crippen LogP contribution is -2.41. The zero-order valence-electron chi connectivity index (χ0n) is 10.9. The van der Waals surface area contributed by atoms with Crippen LogP contribution in [0.4, 0.5) is 0 Å². The lowest BCUT2D eigenvalue weighted by atomic mass is 10.2. The molecule has 100 valence electrons. The van der Waals surface area contributed by atoms with Gasteiger partial charge in [-0.2, -0.15) is 0 Å². The van der Waals surface area contributed by atoms with Gasteiger partial charge in [-0.25, -0.2) is 0 Å². The molecule has 0 radical (unpaired) electrons. The summed E-state index contributed by atoms with van der Waals surface area (Å²) in [5.41, 5.74) is 5.33. The molecular formula is C12H24N2O3. The van der Waals surface area contributed by atoms with Crippen LogP contribution in [0.5, 0.6) is 0 Å². The van der Waals surface area contributed by atoms with Crippen molar-refractivity contribution in [2.75, 3.05) is 32.8 Å². The van der Waals surface area contributed by atoms with Crippen LogP contribution in [0.1, 0.15) is 26.7 Å². The molecule has 1 aliphatic heterocycles. The molecule has 1 aliphatic rings. The summed E-state index contributed by atoms with van der Waals surface area (Å²) in [6.07, 6.45) is 1.76. The summed E-state index contributed by atoms with van der Waals surface area (Å²) < 4.78 is 10.9. The summed E-state index contributed by atoms with van der Waals surface area (Å²) in [6, 6.07) is 0. The monoisotopic (exact) mass is 244 g/mol. The first-order valence-corrected chi connectivity index (χ1v) is 6.41. The molecule has 2 N–H and O–H groups in total. The molecule has 1 heterocycles. The second kappa shape index (κ2) is 7.63. The summed E-state index contributed by atoms with van der Waals surface area (Å²) in [7, 11) is 0. The average Bonchev–Trinajstić information content (AvgIpc) is 2.75. The van der Waals surface area contributed by atoms with Gasteiger partial charge in [0.25, 0.3) is 5.91 Å². The largest absolute Gasteiger partial charge is 0.378 e. The van der Waals surface area contributed by atoms with Gasteiger partial charge in [0.2, 0.25) is 0 Å². The first-order valence-electron chi connectivity index (χ1n) is 6.41. The predicted octanol–water partition coefficient (Wildman–Crippen LogP) is 0.378. The van der Waals surface area contributed by atoms with Crippen molar-refractivity contribution in [1.82, 2.24) is 4.90 Å². The van der Waals surface area contributed by atoms with Crippen molar-refractivity contribution in [2.24, 2.45) is 5.73 Å². The number of carbonyl (C=O) groups excluding carboxylic acids is 1. The van der Waals surface area contributed by atoms with Crippen LogP contribution in [0, 0.1) is 0 Å². The van der Waals surface area contributed by atoms with E-state index in [9.17, 15) is 4.79 Å². The zero-order valence-corrected chi connectivity index (χ0v) is 10.9. The van der Waals surface area contributed by atoms with Crippen LogP contribution in [0.15, 0.2) is 0 Å². The Bertz CT molecular complexity index is 236. The van der Waals surface area contributed by atoms with Gasteiger partial charge in [-0.3, -0.25) is 4.79 Å². The number of rotatable bonds is 7. The first kappa shape index (κ1) is 14.4. The van der Waals surface area contributed by atoms with Gasteiger partial charge in [-0.1, -0.05) is 0 Å². The smallest absolute Gasteiger partial charge is 0.251 e. The number of hydrogen-bond donors (Lipinski definition) is 1. The van der Waals surface area contributed by atoms with Crippen molar-refractivity contribution in [3.63, 3.8) is 0 Å². The minimum Gasteiger partial charge on any atom is -0.378 e. The van der Waals surface area contributed by atoms with Gasteiger partial charge in [0, 0.05) is 19.6 Å². The molecule has 0 aromatic heterocycles. The molecule has 0 spiro atoms. The van der Waals surface area contributed by atoms with Crippen molar-refractivity contribution in [3.05, 3.63) is 0 Å². The van der Waals surface area contributed by atoms with Gasteiger partial charge < -0.3 is 20.1 Å². The molecular weight excluding hydrogens is 220 g/mol. The highest BCUT2D eigenvalue weighted by Crippen LogP contribution is 2.20. The highest BCUT2D eigenvalue weighted by Gasteiger charge is 2.30. The SMILES string of the molecule is CCN(CCOCCN)C(=O)C1CCC(C)O1. The van der Waals surface area contributed by atoms with Crippen LogP contribution < -0.4 is 5.73 Å². The van der Waals surface area contributed by atoms with Crippen LogP contribution in [-0.4, -0.2) is 55.9 Å². The standard InChI is InChI=1S/C12H24N2O3/c1-3-14(7-9-16-8-6-13)12(15)11-5-4-10(2)17-11/h10-11H,3-9,13H2,1-2H3. The van der Waals surface area contributed by atoms with Crippen LogP contribution in [-0.2, 0) is 14.3 Å². The quantitative estimate of drug-likeness (QED) is 0.657. The fourth-order valence-corrected chi connectivity index (χ4v) is 1.97. The molecule has 0 aliphatic carbocycles. The van der Waals surface area contributed by atoms with E-state index in [1.807, 2.05) is 13.8 Å². The Balaban J connectivity index is 2.30. The summed E-state index contributed by atoms with van der Waals surface area (Å²) in [5, 5.41) is 0. The van der Waals surface area contributed by atoms with Crippen molar-refractivity contribution in [2.45, 2.75) is 38.9 Å². The molecule has 1 fully saturated rings. The lowest BCUT2D eigenvalue weighted by Gasteiger charge is -2.24. The molecule has 0 saturated carbocycles.